The predicted molar refractivity (Wildman–Crippen MR) is 99.7 cm³/mol. The van der Waals surface area contributed by atoms with Crippen LogP contribution in [-0.2, 0) is 15.7 Å². The van der Waals surface area contributed by atoms with E-state index in [4.69, 9.17) is 10.5 Å². The summed E-state index contributed by atoms with van der Waals surface area (Å²) >= 11 is 0. The Bertz CT molecular complexity index is 578. The fourth-order valence-electron chi connectivity index (χ4n) is 3.01. The van der Waals surface area contributed by atoms with Crippen molar-refractivity contribution < 1.29 is 22.7 Å². The van der Waals surface area contributed by atoms with E-state index in [1.54, 1.807) is 0 Å². The van der Waals surface area contributed by atoms with Crippen molar-refractivity contribution in [2.45, 2.75) is 38.0 Å². The van der Waals surface area contributed by atoms with Gasteiger partial charge in [-0.3, -0.25) is 9.69 Å². The summed E-state index contributed by atoms with van der Waals surface area (Å²) in [4.78, 5) is 14.2. The molecule has 1 fully saturated rings. The Morgan fingerprint density at radius 3 is 2.37 bits per heavy atom. The first-order chi connectivity index (χ1) is 12.3. The number of nitrogens with one attached hydrogen (secondary N) is 1. The Morgan fingerprint density at radius 1 is 1.26 bits per heavy atom. The predicted octanol–water partition coefficient (Wildman–Crippen LogP) is 2.74. The highest BCUT2D eigenvalue weighted by Gasteiger charge is 2.31. The number of benzene rings is 1. The average Bonchev–Trinajstić information content (AvgIpc) is 2.62. The van der Waals surface area contributed by atoms with Crippen molar-refractivity contribution in [1.82, 2.24) is 10.2 Å². The van der Waals surface area contributed by atoms with Gasteiger partial charge in [-0.2, -0.15) is 13.2 Å². The topological polar surface area (TPSA) is 67.6 Å². The zero-order valence-electron chi connectivity index (χ0n) is 15.3. The Balaban J connectivity index is 0.00000364. The van der Waals surface area contributed by atoms with Gasteiger partial charge in [-0.05, 0) is 24.1 Å². The Labute approximate surface area is 163 Å². The fraction of sp³-hybridized carbons (Fsp3) is 0.611. The van der Waals surface area contributed by atoms with E-state index in [9.17, 15) is 18.0 Å². The molecule has 1 aliphatic heterocycles. The van der Waals surface area contributed by atoms with Crippen molar-refractivity contribution in [2.24, 2.45) is 5.73 Å². The van der Waals surface area contributed by atoms with Crippen LogP contribution in [0.15, 0.2) is 24.3 Å². The lowest BCUT2D eigenvalue weighted by molar-refractivity contribution is -0.137. The van der Waals surface area contributed by atoms with Crippen LogP contribution in [0.2, 0.25) is 0 Å². The molecule has 5 nitrogen and oxygen atoms in total. The molecule has 1 heterocycles. The van der Waals surface area contributed by atoms with Gasteiger partial charge < -0.3 is 15.8 Å². The lowest BCUT2D eigenvalue weighted by Gasteiger charge is -2.35. The van der Waals surface area contributed by atoms with Gasteiger partial charge in [0.1, 0.15) is 0 Å². The average molecular weight is 410 g/mol. The number of carbonyl (C=O) groups is 1. The first kappa shape index (κ1) is 23.7. The Kier molecular flexibility index (Phi) is 9.52. The summed E-state index contributed by atoms with van der Waals surface area (Å²) in [5.74, 6) is -0.239. The van der Waals surface area contributed by atoms with Gasteiger partial charge in [0.25, 0.3) is 0 Å². The molecule has 9 heteroatoms. The maximum absolute atomic E-state index is 12.8. The molecule has 0 aromatic heterocycles. The minimum Gasteiger partial charge on any atom is -0.379 e. The molecule has 1 amide bonds. The summed E-state index contributed by atoms with van der Waals surface area (Å²) in [7, 11) is 0. The smallest absolute Gasteiger partial charge is 0.379 e. The lowest BCUT2D eigenvalue weighted by Crippen LogP contribution is -2.47. The summed E-state index contributed by atoms with van der Waals surface area (Å²) in [6, 6.07) is 4.31. The number of hydrogen-bond acceptors (Lipinski definition) is 4. The summed E-state index contributed by atoms with van der Waals surface area (Å²) in [5.41, 5.74) is 5.87. The number of ether oxygens (including phenoxy) is 1. The molecule has 154 valence electrons. The van der Waals surface area contributed by atoms with Crippen molar-refractivity contribution in [3.8, 4) is 0 Å². The fourth-order valence-corrected chi connectivity index (χ4v) is 3.01. The zero-order valence-corrected chi connectivity index (χ0v) is 16.1. The van der Waals surface area contributed by atoms with E-state index in [2.05, 4.69) is 10.2 Å². The van der Waals surface area contributed by atoms with Crippen LogP contribution in [0, 0.1) is 0 Å². The van der Waals surface area contributed by atoms with Crippen molar-refractivity contribution in [3.63, 3.8) is 0 Å². The van der Waals surface area contributed by atoms with Gasteiger partial charge >= 0.3 is 6.18 Å². The number of amides is 1. The SMILES string of the molecule is CCCC(N)C(=O)NCC(c1ccc(C(F)(F)F)cc1)N1CCOCC1.Cl. The van der Waals surface area contributed by atoms with E-state index in [0.717, 1.165) is 24.1 Å². The normalized spacial score (nSPS) is 17.7. The monoisotopic (exact) mass is 409 g/mol. The number of nitrogens with two attached hydrogens (primary N) is 1. The first-order valence-electron chi connectivity index (χ1n) is 8.85. The van der Waals surface area contributed by atoms with E-state index in [-0.39, 0.29) is 24.4 Å². The van der Waals surface area contributed by atoms with Crippen molar-refractivity contribution >= 4 is 18.3 Å². The quantitative estimate of drug-likeness (QED) is 0.726. The molecule has 2 atom stereocenters. The molecule has 0 radical (unpaired) electrons. The third kappa shape index (κ3) is 6.95. The number of hydrogen-bond donors (Lipinski definition) is 2. The molecule has 1 aromatic carbocycles. The third-order valence-electron chi connectivity index (χ3n) is 4.52. The van der Waals surface area contributed by atoms with E-state index < -0.39 is 17.8 Å². The molecule has 3 N–H and O–H groups in total. The van der Waals surface area contributed by atoms with Crippen LogP contribution in [0.1, 0.15) is 36.9 Å². The highest BCUT2D eigenvalue weighted by Crippen LogP contribution is 2.31. The van der Waals surface area contributed by atoms with Gasteiger partial charge in [0.2, 0.25) is 5.91 Å². The van der Waals surface area contributed by atoms with E-state index >= 15 is 0 Å². The first-order valence-corrected chi connectivity index (χ1v) is 8.85. The molecule has 27 heavy (non-hydrogen) atoms. The molecule has 0 spiro atoms. The van der Waals surface area contributed by atoms with Crippen LogP contribution < -0.4 is 11.1 Å². The molecule has 1 aromatic rings. The van der Waals surface area contributed by atoms with Gasteiger partial charge in [0.15, 0.2) is 0 Å². The van der Waals surface area contributed by atoms with Gasteiger partial charge in [-0.15, -0.1) is 12.4 Å². The van der Waals surface area contributed by atoms with Crippen LogP contribution in [0.3, 0.4) is 0 Å². The molecular formula is C18H27ClF3N3O2. The Morgan fingerprint density at radius 2 is 1.85 bits per heavy atom. The number of halogens is 4. The summed E-state index contributed by atoms with van der Waals surface area (Å²) in [6.07, 6.45) is -2.97. The number of morpholine rings is 1. The summed E-state index contributed by atoms with van der Waals surface area (Å²) in [5, 5.41) is 2.84. The second kappa shape index (κ2) is 10.8. The van der Waals surface area contributed by atoms with Crippen LogP contribution in [-0.4, -0.2) is 49.7 Å². The van der Waals surface area contributed by atoms with E-state index in [0.29, 0.717) is 39.3 Å². The van der Waals surface area contributed by atoms with Gasteiger partial charge in [0.05, 0.1) is 30.9 Å². The van der Waals surface area contributed by atoms with Crippen molar-refractivity contribution in [1.29, 1.82) is 0 Å². The number of nitrogens with zero attached hydrogens (tertiary/aromatic N) is 1. The molecule has 0 bridgehead atoms. The molecule has 2 rings (SSSR count). The molecule has 1 aliphatic rings. The minimum absolute atomic E-state index is 0. The van der Waals surface area contributed by atoms with E-state index in [1.807, 2.05) is 6.92 Å². The highest BCUT2D eigenvalue weighted by atomic mass is 35.5. The Hall–Kier alpha value is -1.35. The highest BCUT2D eigenvalue weighted by molar-refractivity contribution is 5.85. The van der Waals surface area contributed by atoms with E-state index in [1.165, 1.54) is 12.1 Å². The zero-order chi connectivity index (χ0) is 19.2. The van der Waals surface area contributed by atoms with Crippen LogP contribution >= 0.6 is 12.4 Å². The van der Waals surface area contributed by atoms with Crippen LogP contribution in [0.5, 0.6) is 0 Å². The number of rotatable bonds is 7. The standard InChI is InChI=1S/C18H26F3N3O2.ClH/c1-2-3-15(22)17(25)23-12-16(24-8-10-26-11-9-24)13-4-6-14(7-5-13)18(19,20)21;/h4-7,15-16H,2-3,8-12,22H2,1H3,(H,23,25);1H. The van der Waals surface area contributed by atoms with Crippen LogP contribution in [0.4, 0.5) is 13.2 Å². The largest absolute Gasteiger partial charge is 0.416 e. The second-order valence-corrected chi connectivity index (χ2v) is 6.42. The van der Waals surface area contributed by atoms with Crippen molar-refractivity contribution in [3.05, 3.63) is 35.4 Å². The van der Waals surface area contributed by atoms with Gasteiger partial charge in [-0.1, -0.05) is 25.5 Å². The van der Waals surface area contributed by atoms with Gasteiger partial charge in [-0.25, -0.2) is 0 Å². The number of carbonyl (C=O) groups excluding carboxylic acids is 1. The summed E-state index contributed by atoms with van der Waals surface area (Å²) in [6.45, 7) is 4.67. The lowest BCUT2D eigenvalue weighted by atomic mass is 10.0. The summed E-state index contributed by atoms with van der Waals surface area (Å²) < 4.78 is 43.7. The molecule has 2 unspecified atom stereocenters. The second-order valence-electron chi connectivity index (χ2n) is 6.42. The van der Waals surface area contributed by atoms with Crippen LogP contribution in [0.25, 0.3) is 0 Å². The molecular weight excluding hydrogens is 383 g/mol. The molecule has 1 saturated heterocycles. The van der Waals surface area contributed by atoms with Gasteiger partial charge in [0, 0.05) is 19.6 Å². The molecule has 0 aliphatic carbocycles. The maximum Gasteiger partial charge on any atom is 0.416 e. The molecule has 0 saturated carbocycles. The van der Waals surface area contributed by atoms with Crippen molar-refractivity contribution in [2.75, 3.05) is 32.8 Å². The minimum atomic E-state index is -4.37. The number of alkyl halides is 3. The maximum atomic E-state index is 12.8. The third-order valence-corrected chi connectivity index (χ3v) is 4.52.